The summed E-state index contributed by atoms with van der Waals surface area (Å²) >= 11 is -0.00897. The Bertz CT molecular complexity index is 220. The van der Waals surface area contributed by atoms with E-state index in [0.717, 1.165) is 0 Å². The van der Waals surface area contributed by atoms with E-state index in [2.05, 4.69) is 0 Å². The quantitative estimate of drug-likeness (QED) is 0.655. The molecule has 1 rings (SSSR count). The summed E-state index contributed by atoms with van der Waals surface area (Å²) in [4.78, 5) is 10.8. The molecule has 0 fully saturated rings. The van der Waals surface area contributed by atoms with E-state index in [1.165, 1.54) is 0 Å². The number of hydrogen-bond acceptors (Lipinski definition) is 2. The van der Waals surface area contributed by atoms with Crippen LogP contribution in [0.2, 0.25) is 0 Å². The fraction of sp³-hybridized carbons (Fsp3) is 0. The van der Waals surface area contributed by atoms with Crippen molar-refractivity contribution in [1.82, 2.24) is 0 Å². The molecule has 0 heterocycles. The maximum atomic E-state index is 10.8. The normalized spacial score (nSPS) is 9.20. The molecule has 0 aromatic heterocycles. The molecular formula is C7H8O2Sn. The van der Waals surface area contributed by atoms with Crippen molar-refractivity contribution in [2.45, 2.75) is 0 Å². The molecule has 0 N–H and O–H groups in total. The van der Waals surface area contributed by atoms with E-state index < -0.39 is 0 Å². The van der Waals surface area contributed by atoms with Crippen LogP contribution in [0.15, 0.2) is 30.3 Å². The molecule has 0 atom stereocenters. The van der Waals surface area contributed by atoms with Crippen LogP contribution in [-0.2, 0) is 3.07 Å². The van der Waals surface area contributed by atoms with Crippen molar-refractivity contribution in [2.75, 3.05) is 0 Å². The first kappa shape index (κ1) is 7.59. The molecular weight excluding hydrogens is 235 g/mol. The van der Waals surface area contributed by atoms with Gasteiger partial charge < -0.3 is 0 Å². The predicted octanol–water partition coefficient (Wildman–Crippen LogP) is 0.124. The van der Waals surface area contributed by atoms with Crippen molar-refractivity contribution in [3.8, 4) is 0 Å². The standard InChI is InChI=1S/C7H6O2.Sn.3H/c8-7(9)6-4-2-1-3-5-6;;;;/h1-5H,(H,8,9);;;;/q;+1;;;/p-1. The number of carbonyl (C=O) groups excluding carboxylic acids is 1. The minimum absolute atomic E-state index is 0.00897. The van der Waals surface area contributed by atoms with Crippen LogP contribution < -0.4 is 0 Å². The maximum absolute atomic E-state index is 10.8. The topological polar surface area (TPSA) is 26.3 Å². The molecule has 0 radical (unpaired) electrons. The van der Waals surface area contributed by atoms with Gasteiger partial charge in [-0.1, -0.05) is 0 Å². The third-order valence-corrected chi connectivity index (χ3v) is 2.25. The van der Waals surface area contributed by atoms with Crippen molar-refractivity contribution in [3.05, 3.63) is 35.9 Å². The van der Waals surface area contributed by atoms with E-state index in [0.29, 0.717) is 5.56 Å². The van der Waals surface area contributed by atoms with E-state index in [9.17, 15) is 4.79 Å². The number of rotatable bonds is 1. The van der Waals surface area contributed by atoms with Gasteiger partial charge in [0.15, 0.2) is 0 Å². The van der Waals surface area contributed by atoms with Crippen LogP contribution in [0.4, 0.5) is 0 Å². The monoisotopic (exact) mass is 244 g/mol. The molecule has 1 aromatic carbocycles. The van der Waals surface area contributed by atoms with Crippen molar-refractivity contribution >= 4 is 28.9 Å². The Kier molecular flexibility index (Phi) is 2.74. The second-order valence-corrected chi connectivity index (χ2v) is 3.02. The molecule has 10 heavy (non-hydrogen) atoms. The van der Waals surface area contributed by atoms with Crippen molar-refractivity contribution in [2.24, 2.45) is 0 Å². The Labute approximate surface area is 72.8 Å². The molecule has 52 valence electrons. The minimum atomic E-state index is -0.198. The van der Waals surface area contributed by atoms with Crippen molar-refractivity contribution in [1.29, 1.82) is 0 Å². The van der Waals surface area contributed by atoms with Crippen LogP contribution in [-0.4, -0.2) is 28.9 Å². The Morgan fingerprint density at radius 1 is 1.30 bits per heavy atom. The Morgan fingerprint density at radius 3 is 2.40 bits per heavy atom. The number of hydrogen-bond donors (Lipinski definition) is 0. The van der Waals surface area contributed by atoms with E-state index in [1.807, 2.05) is 18.2 Å². The van der Waals surface area contributed by atoms with Crippen molar-refractivity contribution in [3.63, 3.8) is 0 Å². The van der Waals surface area contributed by atoms with Gasteiger partial charge >= 0.3 is 72.7 Å². The molecule has 0 unspecified atom stereocenters. The molecule has 0 bridgehead atoms. The van der Waals surface area contributed by atoms with Gasteiger partial charge in [-0.2, -0.15) is 0 Å². The van der Waals surface area contributed by atoms with Gasteiger partial charge in [-0.3, -0.25) is 0 Å². The first-order valence-corrected chi connectivity index (χ1v) is 5.31. The predicted molar refractivity (Wildman–Crippen MR) is 41.8 cm³/mol. The van der Waals surface area contributed by atoms with Gasteiger partial charge in [-0.25, -0.2) is 0 Å². The van der Waals surface area contributed by atoms with Gasteiger partial charge in [-0.05, 0) is 0 Å². The Balaban J connectivity index is 2.85. The summed E-state index contributed by atoms with van der Waals surface area (Å²) in [6.07, 6.45) is 0. The first-order valence-electron chi connectivity index (χ1n) is 2.98. The Morgan fingerprint density at radius 2 is 1.90 bits per heavy atom. The summed E-state index contributed by atoms with van der Waals surface area (Å²) in [6.45, 7) is 0. The van der Waals surface area contributed by atoms with Gasteiger partial charge in [0.1, 0.15) is 0 Å². The van der Waals surface area contributed by atoms with E-state index in [-0.39, 0.29) is 28.9 Å². The van der Waals surface area contributed by atoms with Crippen LogP contribution in [0, 0.1) is 0 Å². The van der Waals surface area contributed by atoms with E-state index in [1.54, 1.807) is 12.1 Å². The van der Waals surface area contributed by atoms with E-state index >= 15 is 0 Å². The number of benzene rings is 1. The van der Waals surface area contributed by atoms with Gasteiger partial charge in [0.25, 0.3) is 0 Å². The SMILES string of the molecule is O=C([O][SnH3])c1ccccc1. The summed E-state index contributed by atoms with van der Waals surface area (Å²) in [5.41, 5.74) is 0.640. The number of carbonyl (C=O) groups is 1. The fourth-order valence-corrected chi connectivity index (χ4v) is 1.36. The molecule has 0 saturated carbocycles. The Hall–Kier alpha value is -0.511. The average molecular weight is 243 g/mol. The molecule has 2 nitrogen and oxygen atoms in total. The third kappa shape index (κ3) is 1.73. The summed E-state index contributed by atoms with van der Waals surface area (Å²) in [6, 6.07) is 9.01. The van der Waals surface area contributed by atoms with Gasteiger partial charge in [0.05, 0.1) is 0 Å². The first-order chi connectivity index (χ1) is 4.84. The summed E-state index contributed by atoms with van der Waals surface area (Å²) in [5, 5.41) is 0. The molecule has 0 amide bonds. The van der Waals surface area contributed by atoms with E-state index in [4.69, 9.17) is 3.07 Å². The molecule has 0 aliphatic rings. The fourth-order valence-electron chi connectivity index (χ4n) is 0.692. The molecule has 3 heteroatoms. The van der Waals surface area contributed by atoms with Crippen LogP contribution in [0.3, 0.4) is 0 Å². The second-order valence-electron chi connectivity index (χ2n) is 1.86. The summed E-state index contributed by atoms with van der Waals surface area (Å²) < 4.78 is 4.71. The molecule has 0 aliphatic carbocycles. The van der Waals surface area contributed by atoms with Crippen molar-refractivity contribution < 1.29 is 7.87 Å². The average Bonchev–Trinajstić information content (AvgIpc) is 2.05. The van der Waals surface area contributed by atoms with Crippen LogP contribution in [0.25, 0.3) is 0 Å². The molecule has 0 saturated heterocycles. The zero-order valence-electron chi connectivity index (χ0n) is 5.70. The van der Waals surface area contributed by atoms with Crippen LogP contribution in [0.5, 0.6) is 0 Å². The van der Waals surface area contributed by atoms with Gasteiger partial charge in [0, 0.05) is 0 Å². The summed E-state index contributed by atoms with van der Waals surface area (Å²) in [7, 11) is 0. The third-order valence-electron chi connectivity index (χ3n) is 1.19. The molecule has 1 aromatic rings. The van der Waals surface area contributed by atoms with Gasteiger partial charge in [-0.15, -0.1) is 0 Å². The zero-order valence-corrected chi connectivity index (χ0v) is 11.4. The summed E-state index contributed by atoms with van der Waals surface area (Å²) in [5.74, 6) is -0.198. The van der Waals surface area contributed by atoms with Crippen LogP contribution >= 0.6 is 0 Å². The molecule has 0 aliphatic heterocycles. The van der Waals surface area contributed by atoms with Crippen LogP contribution in [0.1, 0.15) is 10.4 Å². The second kappa shape index (κ2) is 3.61. The zero-order chi connectivity index (χ0) is 7.40. The molecule has 0 spiro atoms. The van der Waals surface area contributed by atoms with Gasteiger partial charge in [0.2, 0.25) is 0 Å².